The van der Waals surface area contributed by atoms with Crippen molar-refractivity contribution in [2.75, 3.05) is 0 Å². The zero-order valence-electron chi connectivity index (χ0n) is 18.1. The molecule has 0 aromatic carbocycles. The summed E-state index contributed by atoms with van der Waals surface area (Å²) in [6, 6.07) is 0. The van der Waals surface area contributed by atoms with E-state index >= 15 is 0 Å². The van der Waals surface area contributed by atoms with Crippen LogP contribution in [0.3, 0.4) is 0 Å². The molecule has 1 N–H and O–H groups in total. The van der Waals surface area contributed by atoms with E-state index in [0.717, 1.165) is 51.4 Å². The van der Waals surface area contributed by atoms with Crippen molar-refractivity contribution in [3.8, 4) is 0 Å². The Bertz CT molecular complexity index is 720. The van der Waals surface area contributed by atoms with Gasteiger partial charge in [0, 0.05) is 19.3 Å². The molecule has 0 bridgehead atoms. The van der Waals surface area contributed by atoms with Gasteiger partial charge in [0.05, 0.1) is 0 Å². The maximum atomic E-state index is 11.6. The Morgan fingerprint density at radius 2 is 1.69 bits per heavy atom. The Hall–Kier alpha value is -1.59. The summed E-state index contributed by atoms with van der Waals surface area (Å²) in [4.78, 5) is 23.0. The fourth-order valence-corrected chi connectivity index (χ4v) is 7.83. The Labute approximate surface area is 173 Å². The van der Waals surface area contributed by atoms with Gasteiger partial charge in [-0.2, -0.15) is 0 Å². The van der Waals surface area contributed by atoms with E-state index in [2.05, 4.69) is 19.0 Å². The van der Waals surface area contributed by atoms with E-state index in [1.807, 2.05) is 0 Å². The van der Waals surface area contributed by atoms with Crippen molar-refractivity contribution in [1.82, 2.24) is 0 Å². The number of fused-ring (bicyclic) bond motifs is 5. The molecule has 0 aromatic rings. The van der Waals surface area contributed by atoms with Crippen molar-refractivity contribution < 1.29 is 24.3 Å². The Balaban J connectivity index is 1.56. The van der Waals surface area contributed by atoms with Crippen molar-refractivity contribution in [1.29, 1.82) is 0 Å². The highest BCUT2D eigenvalue weighted by Gasteiger charge is 2.62. The molecule has 0 radical (unpaired) electrons. The lowest BCUT2D eigenvalue weighted by Gasteiger charge is -2.60. The summed E-state index contributed by atoms with van der Waals surface area (Å²) < 4.78 is 11.1. The van der Waals surface area contributed by atoms with E-state index < -0.39 is 6.10 Å². The normalized spacial score (nSPS) is 47.7. The van der Waals surface area contributed by atoms with Crippen LogP contribution in [-0.2, 0) is 19.1 Å². The highest BCUT2D eigenvalue weighted by molar-refractivity contribution is 5.97. The number of hydrogen-bond acceptors (Lipinski definition) is 6. The average Bonchev–Trinajstić information content (AvgIpc) is 2.92. The number of carbonyl (C=O) groups is 2. The second-order valence-corrected chi connectivity index (χ2v) is 10.4. The van der Waals surface area contributed by atoms with Gasteiger partial charge in [-0.15, -0.1) is 0 Å². The first-order valence-electron chi connectivity index (χ1n) is 11.3. The molecular formula is C23H35NO5. The Kier molecular flexibility index (Phi) is 5.19. The number of esters is 2. The summed E-state index contributed by atoms with van der Waals surface area (Å²) in [5.41, 5.74) is 0.757. The van der Waals surface area contributed by atoms with Crippen LogP contribution in [0.2, 0.25) is 0 Å². The first-order chi connectivity index (χ1) is 13.7. The molecule has 0 aliphatic heterocycles. The first-order valence-corrected chi connectivity index (χ1v) is 11.3. The van der Waals surface area contributed by atoms with Crippen molar-refractivity contribution in [2.24, 2.45) is 39.7 Å². The molecule has 8 atom stereocenters. The lowest BCUT2D eigenvalue weighted by atomic mass is 9.45. The smallest absolute Gasteiger partial charge is 0.303 e. The second kappa shape index (κ2) is 7.28. The predicted octanol–water partition coefficient (Wildman–Crippen LogP) is 4.33. The molecule has 4 rings (SSSR count). The zero-order valence-corrected chi connectivity index (χ0v) is 18.1. The van der Waals surface area contributed by atoms with E-state index in [4.69, 9.17) is 9.47 Å². The molecule has 4 fully saturated rings. The van der Waals surface area contributed by atoms with Gasteiger partial charge in [0.2, 0.25) is 0 Å². The standard InChI is InChI=1S/C23H35NO5/c1-13(25)28-16-7-9-22(3)15(11-16)5-6-17-18(22)8-10-23(4)19(17)12-20(21(23)24-27)29-14(2)26/h15-20,27H,5-12H2,1-4H3/b24-21+/t15-,16-,17+,18-,19-,20-,22-,23-/m0/s1. The molecule has 0 saturated heterocycles. The van der Waals surface area contributed by atoms with E-state index in [0.29, 0.717) is 29.4 Å². The molecule has 4 aliphatic carbocycles. The highest BCUT2D eigenvalue weighted by atomic mass is 16.5. The van der Waals surface area contributed by atoms with Crippen LogP contribution in [-0.4, -0.2) is 35.1 Å². The van der Waals surface area contributed by atoms with Crippen molar-refractivity contribution >= 4 is 17.7 Å². The van der Waals surface area contributed by atoms with Crippen molar-refractivity contribution in [3.63, 3.8) is 0 Å². The number of ether oxygens (including phenoxy) is 2. The Morgan fingerprint density at radius 1 is 0.966 bits per heavy atom. The number of oxime groups is 1. The maximum absolute atomic E-state index is 11.6. The predicted molar refractivity (Wildman–Crippen MR) is 107 cm³/mol. The van der Waals surface area contributed by atoms with E-state index in [1.54, 1.807) is 0 Å². The summed E-state index contributed by atoms with van der Waals surface area (Å²) >= 11 is 0. The summed E-state index contributed by atoms with van der Waals surface area (Å²) in [6.45, 7) is 7.60. The number of hydrogen-bond donors (Lipinski definition) is 1. The van der Waals surface area contributed by atoms with Gasteiger partial charge in [-0.3, -0.25) is 9.59 Å². The third-order valence-corrected chi connectivity index (χ3v) is 9.11. The molecule has 4 saturated carbocycles. The summed E-state index contributed by atoms with van der Waals surface area (Å²) in [5.74, 6) is 1.71. The molecule has 0 amide bonds. The second-order valence-electron chi connectivity index (χ2n) is 10.4. The van der Waals surface area contributed by atoms with Crippen LogP contribution in [0.5, 0.6) is 0 Å². The van der Waals surface area contributed by atoms with Crippen LogP contribution in [0.25, 0.3) is 0 Å². The van der Waals surface area contributed by atoms with E-state index in [1.165, 1.54) is 13.8 Å². The van der Waals surface area contributed by atoms with Gasteiger partial charge in [-0.05, 0) is 80.5 Å². The van der Waals surface area contributed by atoms with Gasteiger partial charge < -0.3 is 14.7 Å². The number of nitrogens with zero attached hydrogens (tertiary/aromatic N) is 1. The fourth-order valence-electron chi connectivity index (χ4n) is 7.83. The highest BCUT2D eigenvalue weighted by Crippen LogP contribution is 2.66. The van der Waals surface area contributed by atoms with Gasteiger partial charge in [0.15, 0.2) is 0 Å². The molecule has 0 unspecified atom stereocenters. The van der Waals surface area contributed by atoms with Gasteiger partial charge in [0.25, 0.3) is 0 Å². The lowest BCUT2D eigenvalue weighted by Crippen LogP contribution is -2.54. The average molecular weight is 406 g/mol. The van der Waals surface area contributed by atoms with Crippen molar-refractivity contribution in [2.45, 2.75) is 91.3 Å². The van der Waals surface area contributed by atoms with Crippen LogP contribution in [0, 0.1) is 34.5 Å². The van der Waals surface area contributed by atoms with Crippen LogP contribution in [0.1, 0.15) is 79.1 Å². The van der Waals surface area contributed by atoms with Crippen molar-refractivity contribution in [3.05, 3.63) is 0 Å². The van der Waals surface area contributed by atoms with Crippen LogP contribution < -0.4 is 0 Å². The van der Waals surface area contributed by atoms with Gasteiger partial charge in [0.1, 0.15) is 17.9 Å². The topological polar surface area (TPSA) is 85.2 Å². The third kappa shape index (κ3) is 3.27. The third-order valence-electron chi connectivity index (χ3n) is 9.11. The molecule has 0 aromatic heterocycles. The van der Waals surface area contributed by atoms with Crippen LogP contribution >= 0.6 is 0 Å². The monoisotopic (exact) mass is 405 g/mol. The van der Waals surface area contributed by atoms with E-state index in [-0.39, 0.29) is 28.9 Å². The van der Waals surface area contributed by atoms with Gasteiger partial charge >= 0.3 is 11.9 Å². The Morgan fingerprint density at radius 3 is 2.34 bits per heavy atom. The van der Waals surface area contributed by atoms with E-state index in [9.17, 15) is 14.8 Å². The molecule has 6 nitrogen and oxygen atoms in total. The molecule has 4 aliphatic rings. The molecule has 162 valence electrons. The van der Waals surface area contributed by atoms with Crippen LogP contribution in [0.4, 0.5) is 0 Å². The minimum atomic E-state index is -0.392. The summed E-state index contributed by atoms with van der Waals surface area (Å²) in [7, 11) is 0. The first kappa shape index (κ1) is 20.7. The number of rotatable bonds is 2. The molecule has 0 spiro atoms. The quantitative estimate of drug-likeness (QED) is 0.420. The van der Waals surface area contributed by atoms with Gasteiger partial charge in [-0.25, -0.2) is 0 Å². The maximum Gasteiger partial charge on any atom is 0.303 e. The SMILES string of the molecule is CC(=O)O[C@H]1CC[C@@]2(C)[C@@H](CC[C@@H]3[C@@H]2CC[C@]2(C)/C(=N/O)[C@@H](OC(C)=O)C[C@@H]32)C1. The summed E-state index contributed by atoms with van der Waals surface area (Å²) in [6.07, 6.45) is 7.91. The fraction of sp³-hybridized carbons (Fsp3) is 0.870. The minimum absolute atomic E-state index is 0.0731. The largest absolute Gasteiger partial charge is 0.463 e. The van der Waals surface area contributed by atoms with Crippen LogP contribution in [0.15, 0.2) is 5.16 Å². The zero-order chi connectivity index (χ0) is 21.0. The molecule has 6 heteroatoms. The molecule has 0 heterocycles. The lowest BCUT2D eigenvalue weighted by molar-refractivity contribution is -0.158. The number of carbonyl (C=O) groups excluding carboxylic acids is 2. The van der Waals surface area contributed by atoms with Gasteiger partial charge in [-0.1, -0.05) is 19.0 Å². The molecule has 29 heavy (non-hydrogen) atoms. The summed E-state index contributed by atoms with van der Waals surface area (Å²) in [5, 5.41) is 13.4. The minimum Gasteiger partial charge on any atom is -0.463 e. The molecular weight excluding hydrogens is 370 g/mol.